The second-order valence-corrected chi connectivity index (χ2v) is 7.45. The smallest absolute Gasteiger partial charge is 0.240 e. The van der Waals surface area contributed by atoms with Crippen LogP contribution in [0.25, 0.3) is 0 Å². The van der Waals surface area contributed by atoms with Crippen LogP contribution in [0.15, 0.2) is 21.9 Å². The van der Waals surface area contributed by atoms with Crippen LogP contribution in [0.2, 0.25) is 0 Å². The maximum atomic E-state index is 12.1. The van der Waals surface area contributed by atoms with Gasteiger partial charge in [-0.2, -0.15) is 0 Å². The molecule has 1 saturated heterocycles. The van der Waals surface area contributed by atoms with E-state index in [1.54, 1.807) is 4.90 Å². The van der Waals surface area contributed by atoms with Gasteiger partial charge in [-0.3, -0.25) is 9.69 Å². The molecule has 1 fully saturated rings. The minimum atomic E-state index is -0.00335. The number of hydrogen-bond donors (Lipinski definition) is 0. The van der Waals surface area contributed by atoms with E-state index in [-0.39, 0.29) is 26.6 Å². The van der Waals surface area contributed by atoms with Crippen molar-refractivity contribution < 1.29 is 4.79 Å². The highest BCUT2D eigenvalue weighted by Gasteiger charge is 2.19. The summed E-state index contributed by atoms with van der Waals surface area (Å²) in [4.78, 5) is 16.1. The van der Waals surface area contributed by atoms with E-state index in [2.05, 4.69) is 28.1 Å². The molecule has 0 unspecified atom stereocenters. The van der Waals surface area contributed by atoms with E-state index in [9.17, 15) is 4.79 Å². The van der Waals surface area contributed by atoms with Crippen molar-refractivity contribution in [2.45, 2.75) is 19.8 Å². The minimum absolute atomic E-state index is 0.00335. The van der Waals surface area contributed by atoms with E-state index in [0.717, 1.165) is 18.8 Å². The van der Waals surface area contributed by atoms with Gasteiger partial charge < -0.3 is 4.90 Å². The molecule has 0 saturated carbocycles. The van der Waals surface area contributed by atoms with Crippen LogP contribution in [0, 0.1) is 0 Å². The fourth-order valence-electron chi connectivity index (χ4n) is 1.98. The Balaban J connectivity index is 1.93. The van der Waals surface area contributed by atoms with Gasteiger partial charge in [-0.1, -0.05) is 26.8 Å². The third kappa shape index (κ3) is 3.48. The molecule has 0 N–H and O–H groups in total. The first-order chi connectivity index (χ1) is 8.16. The Morgan fingerprint density at radius 2 is 2.12 bits per heavy atom. The quantitative estimate of drug-likeness (QED) is 0.731. The molecule has 0 bridgehead atoms. The first-order valence-electron chi connectivity index (χ1n) is 6.01. The summed E-state index contributed by atoms with van der Waals surface area (Å²) in [7, 11) is 1.89. The van der Waals surface area contributed by atoms with Crippen molar-refractivity contribution in [1.82, 2.24) is 9.80 Å². The van der Waals surface area contributed by atoms with Crippen molar-refractivity contribution >= 4 is 30.1 Å². The van der Waals surface area contributed by atoms with E-state index in [4.69, 9.17) is 0 Å². The second-order valence-electron chi connectivity index (χ2n) is 4.50. The van der Waals surface area contributed by atoms with E-state index in [1.165, 1.54) is 16.4 Å². The summed E-state index contributed by atoms with van der Waals surface area (Å²) in [6.45, 7) is 4.88. The summed E-state index contributed by atoms with van der Waals surface area (Å²) in [5.74, 6) is 0.214. The van der Waals surface area contributed by atoms with Crippen LogP contribution >= 0.6 is 20.7 Å². The molecule has 0 radical (unpaired) electrons. The molecular formula is C13H19IN2O. The first-order valence-corrected chi connectivity index (χ1v) is 8.33. The molecule has 1 amide bonds. The lowest BCUT2D eigenvalue weighted by molar-refractivity contribution is -0.128. The van der Waals surface area contributed by atoms with Gasteiger partial charge in [0, 0.05) is 12.7 Å². The molecule has 3 nitrogen and oxygen atoms in total. The number of carbonyl (C=O) groups is 1. The van der Waals surface area contributed by atoms with Crippen LogP contribution in [-0.4, -0.2) is 45.9 Å². The standard InChI is InChI=1S/C13H19IN2O/c1-11-5-6-12(9-14-11)15(2)13(17)10-16-7-3-4-8-16/h5-6,9H,3-4,7-8,10H2,1-2H3. The van der Waals surface area contributed by atoms with Crippen LogP contribution in [0.3, 0.4) is 0 Å². The number of hydrogen-bond acceptors (Lipinski definition) is 2. The van der Waals surface area contributed by atoms with Crippen LogP contribution in [0.1, 0.15) is 19.8 Å². The monoisotopic (exact) mass is 346 g/mol. The zero-order chi connectivity index (χ0) is 12.3. The maximum absolute atomic E-state index is 12.1. The van der Waals surface area contributed by atoms with Crippen LogP contribution in [0.4, 0.5) is 0 Å². The maximum Gasteiger partial charge on any atom is 0.240 e. The van der Waals surface area contributed by atoms with Gasteiger partial charge in [0.2, 0.25) is 5.91 Å². The normalized spacial score (nSPS) is 20.6. The Hall–Kier alpha value is -0.490. The fourth-order valence-corrected chi connectivity index (χ4v) is 3.81. The van der Waals surface area contributed by atoms with E-state index < -0.39 is 0 Å². The highest BCUT2D eigenvalue weighted by Crippen LogP contribution is 2.18. The van der Waals surface area contributed by atoms with Crippen molar-refractivity contribution in [3.8, 4) is 0 Å². The van der Waals surface area contributed by atoms with Crippen molar-refractivity contribution in [2.75, 3.05) is 26.7 Å². The van der Waals surface area contributed by atoms with E-state index >= 15 is 0 Å². The molecule has 2 heterocycles. The number of amides is 1. The van der Waals surface area contributed by atoms with Gasteiger partial charge in [-0.15, -0.1) is 0 Å². The van der Waals surface area contributed by atoms with Gasteiger partial charge in [0.05, 0.1) is 6.54 Å². The lowest BCUT2D eigenvalue weighted by Crippen LogP contribution is -2.36. The molecule has 0 aromatic rings. The molecule has 17 heavy (non-hydrogen) atoms. The molecular weight excluding hydrogens is 327 g/mol. The summed E-state index contributed by atoms with van der Waals surface area (Å²) in [5, 5.41) is 0. The van der Waals surface area contributed by atoms with Gasteiger partial charge in [-0.05, 0) is 46.5 Å². The second kappa shape index (κ2) is 5.91. The summed E-state index contributed by atoms with van der Waals surface area (Å²) in [6.07, 6.45) is 6.67. The van der Waals surface area contributed by atoms with Gasteiger partial charge in [0.25, 0.3) is 0 Å². The van der Waals surface area contributed by atoms with E-state index in [0.29, 0.717) is 6.54 Å². The van der Waals surface area contributed by atoms with Crippen LogP contribution < -0.4 is 0 Å². The lowest BCUT2D eigenvalue weighted by atomic mass is 10.3. The molecule has 2 aliphatic rings. The lowest BCUT2D eigenvalue weighted by Gasteiger charge is -2.22. The molecule has 0 atom stereocenters. The molecule has 0 aromatic carbocycles. The first kappa shape index (κ1) is 13.0. The summed E-state index contributed by atoms with van der Waals surface area (Å²) in [5.41, 5.74) is 1.08. The third-order valence-corrected chi connectivity index (χ3v) is 5.43. The summed E-state index contributed by atoms with van der Waals surface area (Å²) >= 11 is -0.00335. The molecule has 0 spiro atoms. The van der Waals surface area contributed by atoms with Crippen molar-refractivity contribution in [3.63, 3.8) is 0 Å². The highest BCUT2D eigenvalue weighted by molar-refractivity contribution is 14.2. The average Bonchev–Trinajstić information content (AvgIpc) is 2.82. The molecule has 2 aliphatic heterocycles. The topological polar surface area (TPSA) is 23.6 Å². The number of carbonyl (C=O) groups excluding carboxylic acids is 1. The summed E-state index contributed by atoms with van der Waals surface area (Å²) < 4.78 is 3.68. The van der Waals surface area contributed by atoms with Crippen molar-refractivity contribution in [3.05, 3.63) is 21.9 Å². The number of likely N-dealkylation sites (tertiary alicyclic amines) is 1. The van der Waals surface area contributed by atoms with Gasteiger partial charge >= 0.3 is 0 Å². The Labute approximate surface area is 113 Å². The largest absolute Gasteiger partial charge is 0.314 e. The number of likely N-dealkylation sites (N-methyl/N-ethyl adjacent to an activating group) is 1. The average molecular weight is 346 g/mol. The number of allylic oxidation sites excluding steroid dienone is 2. The van der Waals surface area contributed by atoms with Gasteiger partial charge in [0.1, 0.15) is 0 Å². The zero-order valence-electron chi connectivity index (χ0n) is 10.4. The van der Waals surface area contributed by atoms with Gasteiger partial charge in [0.15, 0.2) is 0 Å². The van der Waals surface area contributed by atoms with Crippen LogP contribution in [0.5, 0.6) is 0 Å². The Morgan fingerprint density at radius 3 is 2.71 bits per heavy atom. The molecule has 94 valence electrons. The highest BCUT2D eigenvalue weighted by atomic mass is 127. The van der Waals surface area contributed by atoms with Gasteiger partial charge in [-0.25, -0.2) is 0 Å². The molecule has 2 rings (SSSR count). The minimum Gasteiger partial charge on any atom is -0.314 e. The Kier molecular flexibility index (Phi) is 4.50. The third-order valence-electron chi connectivity index (χ3n) is 3.14. The predicted octanol–water partition coefficient (Wildman–Crippen LogP) is 2.11. The number of rotatable bonds is 3. The fraction of sp³-hybridized carbons (Fsp3) is 0.538. The van der Waals surface area contributed by atoms with Crippen molar-refractivity contribution in [1.29, 1.82) is 0 Å². The Morgan fingerprint density at radius 1 is 1.41 bits per heavy atom. The number of halogens is 1. The Bertz CT molecular complexity index is 392. The molecule has 0 aliphatic carbocycles. The van der Waals surface area contributed by atoms with E-state index in [1.807, 2.05) is 7.05 Å². The molecule has 0 aromatic heterocycles. The summed E-state index contributed by atoms with van der Waals surface area (Å²) in [6, 6.07) is 0. The molecule has 4 heteroatoms. The predicted molar refractivity (Wildman–Crippen MR) is 80.4 cm³/mol. The van der Waals surface area contributed by atoms with Crippen LogP contribution in [-0.2, 0) is 4.79 Å². The van der Waals surface area contributed by atoms with Crippen molar-refractivity contribution in [2.24, 2.45) is 0 Å². The number of nitrogens with zero attached hydrogens (tertiary/aromatic N) is 2. The SMILES string of the molecule is CC1=IC=C(N(C)C(=O)CN2CCCC2)C=C1. The zero-order valence-corrected chi connectivity index (χ0v) is 12.6.